The van der Waals surface area contributed by atoms with E-state index in [1.54, 1.807) is 14.2 Å². The van der Waals surface area contributed by atoms with Crippen molar-refractivity contribution in [1.29, 1.82) is 0 Å². The molecule has 0 aliphatic carbocycles. The van der Waals surface area contributed by atoms with Gasteiger partial charge in [0.05, 0.1) is 33.9 Å². The number of benzene rings is 1. The molecule has 5 heteroatoms. The SMILES string of the molecule is CCOC(=O)[C@@H]1CCC[NH+](Cc2ccc(OC)c(OC)c2)C1. The quantitative estimate of drug-likeness (QED) is 0.799. The van der Waals surface area contributed by atoms with Gasteiger partial charge in [0, 0.05) is 5.56 Å². The number of carbonyl (C=O) groups excluding carboxylic acids is 1. The summed E-state index contributed by atoms with van der Waals surface area (Å²) in [5, 5.41) is 0. The molecule has 0 bridgehead atoms. The monoisotopic (exact) mass is 308 g/mol. The van der Waals surface area contributed by atoms with Crippen LogP contribution in [0, 0.1) is 5.92 Å². The van der Waals surface area contributed by atoms with E-state index in [1.165, 1.54) is 10.5 Å². The van der Waals surface area contributed by atoms with E-state index in [9.17, 15) is 4.79 Å². The Hall–Kier alpha value is -1.75. The molecule has 0 amide bonds. The molecule has 0 aromatic heterocycles. The molecule has 122 valence electrons. The van der Waals surface area contributed by atoms with Gasteiger partial charge in [-0.1, -0.05) is 0 Å². The summed E-state index contributed by atoms with van der Waals surface area (Å²) in [7, 11) is 3.28. The van der Waals surface area contributed by atoms with E-state index in [0.717, 1.165) is 44.0 Å². The van der Waals surface area contributed by atoms with Crippen molar-refractivity contribution in [2.45, 2.75) is 26.3 Å². The Bertz CT molecular complexity index is 503. The second-order valence-electron chi connectivity index (χ2n) is 5.66. The number of hydrogen-bond acceptors (Lipinski definition) is 4. The molecule has 0 radical (unpaired) electrons. The van der Waals surface area contributed by atoms with Crippen LogP contribution in [0.15, 0.2) is 18.2 Å². The number of nitrogens with one attached hydrogen (secondary N) is 1. The Morgan fingerprint density at radius 2 is 2.05 bits per heavy atom. The van der Waals surface area contributed by atoms with Crippen LogP contribution in [-0.2, 0) is 16.1 Å². The van der Waals surface area contributed by atoms with Gasteiger partial charge < -0.3 is 19.1 Å². The molecular formula is C17H26NO4+. The molecule has 1 aliphatic rings. The number of quaternary nitrogens is 1. The summed E-state index contributed by atoms with van der Waals surface area (Å²) in [6.07, 6.45) is 2.00. The average Bonchev–Trinajstić information content (AvgIpc) is 2.55. The van der Waals surface area contributed by atoms with Crippen molar-refractivity contribution in [3.63, 3.8) is 0 Å². The van der Waals surface area contributed by atoms with Gasteiger partial charge in [-0.15, -0.1) is 0 Å². The fourth-order valence-corrected chi connectivity index (χ4v) is 3.05. The normalized spacial score (nSPS) is 21.2. The first-order valence-electron chi connectivity index (χ1n) is 7.89. The van der Waals surface area contributed by atoms with Gasteiger partial charge in [-0.25, -0.2) is 0 Å². The van der Waals surface area contributed by atoms with E-state index in [-0.39, 0.29) is 11.9 Å². The van der Waals surface area contributed by atoms with Crippen molar-refractivity contribution in [3.8, 4) is 11.5 Å². The lowest BCUT2D eigenvalue weighted by Gasteiger charge is -2.28. The van der Waals surface area contributed by atoms with Crippen LogP contribution in [0.4, 0.5) is 0 Å². The minimum atomic E-state index is -0.0491. The molecule has 1 N–H and O–H groups in total. The molecule has 1 heterocycles. The zero-order valence-electron chi connectivity index (χ0n) is 13.7. The highest BCUT2D eigenvalue weighted by Crippen LogP contribution is 2.27. The highest BCUT2D eigenvalue weighted by Gasteiger charge is 2.29. The second kappa shape index (κ2) is 8.03. The van der Waals surface area contributed by atoms with Crippen LogP contribution in [0.1, 0.15) is 25.3 Å². The number of likely N-dealkylation sites (tertiary alicyclic amines) is 1. The lowest BCUT2D eigenvalue weighted by Crippen LogP contribution is -3.12. The zero-order chi connectivity index (χ0) is 15.9. The highest BCUT2D eigenvalue weighted by molar-refractivity contribution is 5.72. The lowest BCUT2D eigenvalue weighted by atomic mass is 9.97. The van der Waals surface area contributed by atoms with E-state index in [2.05, 4.69) is 6.07 Å². The topological polar surface area (TPSA) is 49.2 Å². The maximum absolute atomic E-state index is 11.9. The van der Waals surface area contributed by atoms with E-state index in [1.807, 2.05) is 19.1 Å². The van der Waals surface area contributed by atoms with Gasteiger partial charge >= 0.3 is 5.97 Å². The summed E-state index contributed by atoms with van der Waals surface area (Å²) in [6.45, 7) is 5.13. The number of carbonyl (C=O) groups is 1. The molecule has 1 unspecified atom stereocenters. The van der Waals surface area contributed by atoms with E-state index in [4.69, 9.17) is 14.2 Å². The molecule has 0 saturated carbocycles. The summed E-state index contributed by atoms with van der Waals surface area (Å²) < 4.78 is 15.8. The molecule has 1 aromatic carbocycles. The van der Waals surface area contributed by atoms with Crippen LogP contribution < -0.4 is 14.4 Å². The minimum Gasteiger partial charge on any atom is -0.493 e. The molecule has 1 aliphatic heterocycles. The van der Waals surface area contributed by atoms with Gasteiger partial charge in [0.2, 0.25) is 0 Å². The first-order valence-corrected chi connectivity index (χ1v) is 7.89. The lowest BCUT2D eigenvalue weighted by molar-refractivity contribution is -0.921. The van der Waals surface area contributed by atoms with E-state index in [0.29, 0.717) is 6.61 Å². The number of methoxy groups -OCH3 is 2. The largest absolute Gasteiger partial charge is 0.493 e. The number of piperidine rings is 1. The molecule has 1 fully saturated rings. The summed E-state index contributed by atoms with van der Waals surface area (Å²) in [6, 6.07) is 6.00. The van der Waals surface area contributed by atoms with Crippen molar-refractivity contribution in [3.05, 3.63) is 23.8 Å². The smallest absolute Gasteiger partial charge is 0.314 e. The van der Waals surface area contributed by atoms with Crippen molar-refractivity contribution in [2.75, 3.05) is 33.9 Å². The first kappa shape index (κ1) is 16.6. The van der Waals surface area contributed by atoms with Crippen molar-refractivity contribution >= 4 is 5.97 Å². The Labute approximate surface area is 132 Å². The number of hydrogen-bond donors (Lipinski definition) is 1. The van der Waals surface area contributed by atoms with Crippen molar-refractivity contribution in [1.82, 2.24) is 0 Å². The average molecular weight is 308 g/mol. The Balaban J connectivity index is 1.99. The zero-order valence-corrected chi connectivity index (χ0v) is 13.7. The van der Waals surface area contributed by atoms with Crippen molar-refractivity contribution in [2.24, 2.45) is 5.92 Å². The van der Waals surface area contributed by atoms with Gasteiger partial charge in [0.25, 0.3) is 0 Å². The molecule has 2 atom stereocenters. The standard InChI is InChI=1S/C17H25NO4/c1-4-22-17(19)14-6-5-9-18(12-14)11-13-7-8-15(20-2)16(10-13)21-3/h7-8,10,14H,4-6,9,11-12H2,1-3H3/p+1/t14-/m1/s1. The first-order chi connectivity index (χ1) is 10.7. The maximum atomic E-state index is 11.9. The van der Waals surface area contributed by atoms with Crippen LogP contribution in [0.2, 0.25) is 0 Å². The molecular weight excluding hydrogens is 282 g/mol. The van der Waals surface area contributed by atoms with Gasteiger partial charge in [-0.05, 0) is 38.0 Å². The third kappa shape index (κ3) is 4.13. The number of ether oxygens (including phenoxy) is 3. The Kier molecular flexibility index (Phi) is 6.07. The molecule has 1 saturated heterocycles. The molecule has 1 aromatic rings. The predicted octanol–water partition coefficient (Wildman–Crippen LogP) is 1.06. The summed E-state index contributed by atoms with van der Waals surface area (Å²) >= 11 is 0. The van der Waals surface area contributed by atoms with Crippen LogP contribution in [0.3, 0.4) is 0 Å². The molecule has 0 spiro atoms. The minimum absolute atomic E-state index is 0.0313. The Morgan fingerprint density at radius 1 is 1.27 bits per heavy atom. The van der Waals surface area contributed by atoms with Crippen LogP contribution in [-0.4, -0.2) is 39.9 Å². The van der Waals surface area contributed by atoms with Gasteiger partial charge in [0.15, 0.2) is 11.5 Å². The Morgan fingerprint density at radius 3 is 2.73 bits per heavy atom. The van der Waals surface area contributed by atoms with Crippen molar-refractivity contribution < 1.29 is 23.9 Å². The third-order valence-electron chi connectivity index (χ3n) is 4.14. The summed E-state index contributed by atoms with van der Waals surface area (Å²) in [5.41, 5.74) is 1.19. The summed E-state index contributed by atoms with van der Waals surface area (Å²) in [5.74, 6) is 1.47. The van der Waals surface area contributed by atoms with Crippen LogP contribution in [0.5, 0.6) is 11.5 Å². The van der Waals surface area contributed by atoms with E-state index < -0.39 is 0 Å². The van der Waals surface area contributed by atoms with Crippen LogP contribution in [0.25, 0.3) is 0 Å². The third-order valence-corrected chi connectivity index (χ3v) is 4.14. The highest BCUT2D eigenvalue weighted by atomic mass is 16.5. The number of esters is 1. The fraction of sp³-hybridized carbons (Fsp3) is 0.588. The van der Waals surface area contributed by atoms with Gasteiger partial charge in [0.1, 0.15) is 12.5 Å². The fourth-order valence-electron chi connectivity index (χ4n) is 3.05. The molecule has 22 heavy (non-hydrogen) atoms. The molecule has 2 rings (SSSR count). The maximum Gasteiger partial charge on any atom is 0.314 e. The molecule has 5 nitrogen and oxygen atoms in total. The second-order valence-corrected chi connectivity index (χ2v) is 5.66. The van der Waals surface area contributed by atoms with Gasteiger partial charge in [-0.3, -0.25) is 4.79 Å². The van der Waals surface area contributed by atoms with Gasteiger partial charge in [-0.2, -0.15) is 0 Å². The number of rotatable bonds is 6. The van der Waals surface area contributed by atoms with Crippen LogP contribution >= 0.6 is 0 Å². The van der Waals surface area contributed by atoms with E-state index >= 15 is 0 Å². The predicted molar refractivity (Wildman–Crippen MR) is 83.3 cm³/mol. The summed E-state index contributed by atoms with van der Waals surface area (Å²) in [4.78, 5) is 13.3.